The van der Waals surface area contributed by atoms with Crippen LogP contribution in [0.5, 0.6) is 5.88 Å². The summed E-state index contributed by atoms with van der Waals surface area (Å²) in [7, 11) is 1.60. The lowest BCUT2D eigenvalue weighted by Gasteiger charge is -2.09. The number of ether oxygens (including phenoxy) is 2. The summed E-state index contributed by atoms with van der Waals surface area (Å²) in [6.45, 7) is 1.43. The van der Waals surface area contributed by atoms with Gasteiger partial charge >= 0.3 is 0 Å². The van der Waals surface area contributed by atoms with Crippen LogP contribution >= 0.6 is 12.2 Å². The van der Waals surface area contributed by atoms with Gasteiger partial charge in [-0.15, -0.1) is 0 Å². The molecule has 0 aliphatic carbocycles. The second kappa shape index (κ2) is 11.4. The van der Waals surface area contributed by atoms with Crippen LogP contribution in [0, 0.1) is 4.77 Å². The van der Waals surface area contributed by atoms with Gasteiger partial charge in [-0.05, 0) is 43.3 Å². The minimum Gasteiger partial charge on any atom is -0.475 e. The van der Waals surface area contributed by atoms with E-state index in [1.807, 2.05) is 18.2 Å². The minimum absolute atomic E-state index is 0.0741. The van der Waals surface area contributed by atoms with Crippen molar-refractivity contribution in [2.75, 3.05) is 25.6 Å². The number of hydrogen-bond donors (Lipinski definition) is 2. The minimum atomic E-state index is -0.0840. The van der Waals surface area contributed by atoms with Crippen molar-refractivity contribution < 1.29 is 14.3 Å². The van der Waals surface area contributed by atoms with E-state index >= 15 is 0 Å². The number of aromatic nitrogens is 3. The van der Waals surface area contributed by atoms with Gasteiger partial charge in [0.1, 0.15) is 6.61 Å². The van der Waals surface area contributed by atoms with Crippen LogP contribution in [0.3, 0.4) is 0 Å². The number of H-pyrrole nitrogens is 1. The first-order chi connectivity index (χ1) is 15.1. The number of fused-ring (bicyclic) bond motifs is 1. The summed E-state index contributed by atoms with van der Waals surface area (Å²) in [6, 6.07) is 10.8. The molecule has 0 fully saturated rings. The van der Waals surface area contributed by atoms with Crippen LogP contribution in [0.4, 0.5) is 5.69 Å². The number of aromatic amines is 1. The van der Waals surface area contributed by atoms with Crippen LogP contribution in [0.15, 0.2) is 47.4 Å². The molecule has 0 saturated carbocycles. The number of benzene rings is 1. The summed E-state index contributed by atoms with van der Waals surface area (Å²) in [5.74, 6) is 0.410. The van der Waals surface area contributed by atoms with Crippen LogP contribution in [0.25, 0.3) is 10.9 Å². The molecule has 0 aliphatic heterocycles. The lowest BCUT2D eigenvalue weighted by atomic mass is 10.2. The number of hydrogen-bond acceptors (Lipinski definition) is 6. The van der Waals surface area contributed by atoms with E-state index in [0.717, 1.165) is 24.8 Å². The molecule has 9 heteroatoms. The van der Waals surface area contributed by atoms with E-state index in [4.69, 9.17) is 21.7 Å². The summed E-state index contributed by atoms with van der Waals surface area (Å²) in [4.78, 5) is 32.0. The number of methoxy groups -OCH3 is 1. The Kier molecular flexibility index (Phi) is 8.31. The highest BCUT2D eigenvalue weighted by Crippen LogP contribution is 2.13. The number of amides is 1. The van der Waals surface area contributed by atoms with Gasteiger partial charge in [0.05, 0.1) is 29.4 Å². The van der Waals surface area contributed by atoms with E-state index in [1.165, 1.54) is 0 Å². The third-order valence-electron chi connectivity index (χ3n) is 4.73. The highest BCUT2D eigenvalue weighted by Gasteiger charge is 2.06. The third-order valence-corrected chi connectivity index (χ3v) is 5.05. The average Bonchev–Trinajstić information content (AvgIpc) is 2.77. The number of nitrogens with zero attached hydrogens (tertiary/aromatic N) is 2. The Morgan fingerprint density at radius 3 is 2.77 bits per heavy atom. The highest BCUT2D eigenvalue weighted by molar-refractivity contribution is 7.71. The molecule has 31 heavy (non-hydrogen) atoms. The van der Waals surface area contributed by atoms with Crippen LogP contribution in [0.2, 0.25) is 0 Å². The summed E-state index contributed by atoms with van der Waals surface area (Å²) in [6.07, 6.45) is 4.25. The van der Waals surface area contributed by atoms with Crippen molar-refractivity contribution in [3.8, 4) is 5.88 Å². The van der Waals surface area contributed by atoms with E-state index in [9.17, 15) is 9.59 Å². The topological polar surface area (TPSA) is 98.2 Å². The summed E-state index contributed by atoms with van der Waals surface area (Å²) in [5.41, 5.74) is 1.28. The molecule has 3 rings (SSSR count). The number of pyridine rings is 1. The van der Waals surface area contributed by atoms with Crippen molar-refractivity contribution in [2.45, 2.75) is 32.2 Å². The van der Waals surface area contributed by atoms with Gasteiger partial charge in [-0.2, -0.15) is 0 Å². The number of carbonyl (C=O) groups excluding carboxylic acids is 1. The fraction of sp³-hybridized carbons (Fsp3) is 0.364. The zero-order valence-electron chi connectivity index (χ0n) is 17.4. The number of unbranched alkanes of at least 4 members (excludes halogenated alkanes) is 2. The normalized spacial score (nSPS) is 10.9. The van der Waals surface area contributed by atoms with Crippen LogP contribution in [0.1, 0.15) is 25.7 Å². The molecule has 2 N–H and O–H groups in total. The molecule has 8 nitrogen and oxygen atoms in total. The molecule has 0 aliphatic rings. The Bertz CT molecular complexity index is 1120. The molecule has 2 aromatic heterocycles. The Morgan fingerprint density at radius 2 is 2.00 bits per heavy atom. The molecule has 0 saturated heterocycles. The van der Waals surface area contributed by atoms with Gasteiger partial charge in [0, 0.05) is 26.1 Å². The summed E-state index contributed by atoms with van der Waals surface area (Å²) >= 11 is 5.32. The van der Waals surface area contributed by atoms with Crippen molar-refractivity contribution in [1.29, 1.82) is 0 Å². The lowest BCUT2D eigenvalue weighted by Crippen LogP contribution is -2.22. The highest BCUT2D eigenvalue weighted by atomic mass is 32.1. The van der Waals surface area contributed by atoms with Gasteiger partial charge in [-0.1, -0.05) is 18.6 Å². The molecule has 3 aromatic rings. The van der Waals surface area contributed by atoms with Crippen molar-refractivity contribution in [3.63, 3.8) is 0 Å². The molecule has 0 unspecified atom stereocenters. The second-order valence-electron chi connectivity index (χ2n) is 7.02. The largest absolute Gasteiger partial charge is 0.475 e. The number of carbonyl (C=O) groups is 1. The number of rotatable bonds is 11. The van der Waals surface area contributed by atoms with Crippen molar-refractivity contribution in [2.24, 2.45) is 0 Å². The zero-order chi connectivity index (χ0) is 22.1. The van der Waals surface area contributed by atoms with E-state index in [0.29, 0.717) is 47.9 Å². The monoisotopic (exact) mass is 442 g/mol. The molecule has 0 bridgehead atoms. The van der Waals surface area contributed by atoms with Crippen molar-refractivity contribution >= 4 is 34.7 Å². The first-order valence-electron chi connectivity index (χ1n) is 10.2. The molecule has 0 radical (unpaired) electrons. The maximum atomic E-state index is 12.6. The van der Waals surface area contributed by atoms with Gasteiger partial charge in [0.25, 0.3) is 5.56 Å². The van der Waals surface area contributed by atoms with Gasteiger partial charge < -0.3 is 19.8 Å². The second-order valence-corrected chi connectivity index (χ2v) is 7.40. The first kappa shape index (κ1) is 22.6. The standard InChI is InChI=1S/C22H26N4O4S/c1-29-13-14-30-20-11-10-16(15-23-20)24-19(27)9-3-2-6-12-26-21(28)17-7-4-5-8-18(17)25-22(26)31/h4-5,7-8,10-11,15H,2-3,6,9,12-14H2,1H3,(H,24,27)(H,25,31). The SMILES string of the molecule is COCCOc1ccc(NC(=O)CCCCCn2c(=S)[nH]c3ccccc3c2=O)cn1. The van der Waals surface area contributed by atoms with Crippen molar-refractivity contribution in [3.05, 3.63) is 57.7 Å². The molecular formula is C22H26N4O4S. The van der Waals surface area contributed by atoms with E-state index < -0.39 is 0 Å². The molecule has 2 heterocycles. The molecule has 1 aromatic carbocycles. The Labute approximate surface area is 185 Å². The van der Waals surface area contributed by atoms with Gasteiger partial charge in [0.15, 0.2) is 4.77 Å². The number of nitrogens with one attached hydrogen (secondary N) is 2. The van der Waals surface area contributed by atoms with Crippen LogP contribution in [-0.2, 0) is 16.1 Å². The summed E-state index contributed by atoms with van der Waals surface area (Å²) in [5, 5.41) is 3.45. The van der Waals surface area contributed by atoms with Crippen molar-refractivity contribution in [1.82, 2.24) is 14.5 Å². The number of anilines is 1. The molecule has 0 atom stereocenters. The van der Waals surface area contributed by atoms with Crippen LogP contribution < -0.4 is 15.6 Å². The smallest absolute Gasteiger partial charge is 0.262 e. The predicted octanol–water partition coefficient (Wildman–Crippen LogP) is 3.68. The predicted molar refractivity (Wildman–Crippen MR) is 122 cm³/mol. The molecule has 164 valence electrons. The molecule has 1 amide bonds. The average molecular weight is 443 g/mol. The van der Waals surface area contributed by atoms with Gasteiger partial charge in [-0.3, -0.25) is 14.2 Å². The first-order valence-corrected chi connectivity index (χ1v) is 10.6. The Hall–Kier alpha value is -3.04. The molecule has 0 spiro atoms. The van der Waals surface area contributed by atoms with E-state index in [2.05, 4.69) is 15.3 Å². The molecular weight excluding hydrogens is 416 g/mol. The maximum absolute atomic E-state index is 12.6. The fourth-order valence-electron chi connectivity index (χ4n) is 3.13. The number of para-hydroxylation sites is 1. The van der Waals surface area contributed by atoms with Gasteiger partial charge in [-0.25, -0.2) is 4.98 Å². The summed E-state index contributed by atoms with van der Waals surface area (Å²) < 4.78 is 12.3. The lowest BCUT2D eigenvalue weighted by molar-refractivity contribution is -0.116. The Balaban J connectivity index is 1.41. The van der Waals surface area contributed by atoms with E-state index in [1.54, 1.807) is 36.1 Å². The van der Waals surface area contributed by atoms with Crippen LogP contribution in [-0.4, -0.2) is 40.8 Å². The fourth-order valence-corrected chi connectivity index (χ4v) is 3.41. The quantitative estimate of drug-likeness (QED) is 0.347. The van der Waals surface area contributed by atoms with Gasteiger partial charge in [0.2, 0.25) is 11.8 Å². The zero-order valence-corrected chi connectivity index (χ0v) is 18.2. The Morgan fingerprint density at radius 1 is 1.16 bits per heavy atom. The maximum Gasteiger partial charge on any atom is 0.262 e. The van der Waals surface area contributed by atoms with E-state index in [-0.39, 0.29) is 11.5 Å². The third kappa shape index (κ3) is 6.47.